The van der Waals surface area contributed by atoms with Gasteiger partial charge in [0.2, 0.25) is 5.90 Å². The minimum atomic E-state index is -1.05. The number of rotatable bonds is 3. The molecule has 0 aliphatic carbocycles. The molecule has 0 fully saturated rings. The highest BCUT2D eigenvalue weighted by molar-refractivity contribution is 7.69. The van der Waals surface area contributed by atoms with E-state index in [2.05, 4.69) is 12.1 Å². The van der Waals surface area contributed by atoms with Crippen molar-refractivity contribution in [2.24, 2.45) is 4.99 Å². The first kappa shape index (κ1) is 16.9. The summed E-state index contributed by atoms with van der Waals surface area (Å²) in [4.78, 5) is 4.90. The van der Waals surface area contributed by atoms with Gasteiger partial charge in [-0.25, -0.2) is 4.68 Å². The SMILES string of the molecule is Cc1nn(-c2ccccc2)c2c1P(c1ccccc1)OC(c1ccccc1)=N2. The summed E-state index contributed by atoms with van der Waals surface area (Å²) in [5, 5.41) is 7.04. The Bertz CT molecular complexity index is 1140. The van der Waals surface area contributed by atoms with Gasteiger partial charge in [-0.05, 0) is 31.2 Å². The van der Waals surface area contributed by atoms with Crippen molar-refractivity contribution in [1.29, 1.82) is 0 Å². The lowest BCUT2D eigenvalue weighted by Gasteiger charge is -2.24. The van der Waals surface area contributed by atoms with Gasteiger partial charge in [0.05, 0.1) is 16.7 Å². The second-order valence-electron chi connectivity index (χ2n) is 6.51. The number of aryl methyl sites for hydroxylation is 1. The van der Waals surface area contributed by atoms with Crippen molar-refractivity contribution in [1.82, 2.24) is 9.78 Å². The second-order valence-corrected chi connectivity index (χ2v) is 8.24. The van der Waals surface area contributed by atoms with E-state index in [4.69, 9.17) is 14.6 Å². The smallest absolute Gasteiger partial charge is 0.226 e. The van der Waals surface area contributed by atoms with Crippen LogP contribution in [0.25, 0.3) is 5.69 Å². The molecule has 1 unspecified atom stereocenters. The Morgan fingerprint density at radius 2 is 1.39 bits per heavy atom. The van der Waals surface area contributed by atoms with Gasteiger partial charge in [0, 0.05) is 10.9 Å². The normalized spacial score (nSPS) is 15.5. The minimum absolute atomic E-state index is 0.639. The van der Waals surface area contributed by atoms with Gasteiger partial charge in [-0.15, -0.1) is 0 Å². The average molecular weight is 383 g/mol. The third kappa shape index (κ3) is 2.92. The van der Waals surface area contributed by atoms with Crippen LogP contribution in [0.15, 0.2) is 96.0 Å². The fourth-order valence-electron chi connectivity index (χ4n) is 3.29. The van der Waals surface area contributed by atoms with Crippen LogP contribution in [-0.2, 0) is 4.52 Å². The van der Waals surface area contributed by atoms with E-state index in [0.717, 1.165) is 33.4 Å². The third-order valence-electron chi connectivity index (χ3n) is 4.61. The molecule has 0 spiro atoms. The Morgan fingerprint density at radius 1 is 0.786 bits per heavy atom. The lowest BCUT2D eigenvalue weighted by atomic mass is 10.2. The summed E-state index contributed by atoms with van der Waals surface area (Å²) in [5.41, 5.74) is 2.91. The number of hydrogen-bond acceptors (Lipinski definition) is 3. The fraction of sp³-hybridized carbons (Fsp3) is 0.0435. The summed E-state index contributed by atoms with van der Waals surface area (Å²) in [6, 6.07) is 30.5. The predicted octanol–water partition coefficient (Wildman–Crippen LogP) is 4.64. The highest BCUT2D eigenvalue weighted by Crippen LogP contribution is 2.44. The predicted molar refractivity (Wildman–Crippen MR) is 115 cm³/mol. The van der Waals surface area contributed by atoms with Gasteiger partial charge in [0.25, 0.3) is 0 Å². The van der Waals surface area contributed by atoms with Crippen LogP contribution in [0.2, 0.25) is 0 Å². The summed E-state index contributed by atoms with van der Waals surface area (Å²) >= 11 is 0. The molecule has 1 aromatic heterocycles. The maximum absolute atomic E-state index is 6.48. The molecule has 28 heavy (non-hydrogen) atoms. The Balaban J connectivity index is 1.74. The zero-order valence-electron chi connectivity index (χ0n) is 15.4. The lowest BCUT2D eigenvalue weighted by molar-refractivity contribution is 0.624. The van der Waals surface area contributed by atoms with Crippen LogP contribution >= 0.6 is 8.15 Å². The Morgan fingerprint density at radius 3 is 2.07 bits per heavy atom. The quantitative estimate of drug-likeness (QED) is 0.484. The van der Waals surface area contributed by atoms with Crippen molar-refractivity contribution in [3.63, 3.8) is 0 Å². The number of aromatic nitrogens is 2. The van der Waals surface area contributed by atoms with Crippen LogP contribution < -0.4 is 10.6 Å². The average Bonchev–Trinajstić information content (AvgIpc) is 3.11. The van der Waals surface area contributed by atoms with Gasteiger partial charge in [-0.3, -0.25) is 0 Å². The molecule has 2 heterocycles. The van der Waals surface area contributed by atoms with Crippen LogP contribution in [0.4, 0.5) is 5.82 Å². The highest BCUT2D eigenvalue weighted by Gasteiger charge is 2.33. The van der Waals surface area contributed by atoms with E-state index in [1.165, 1.54) is 0 Å². The molecular weight excluding hydrogens is 365 g/mol. The monoisotopic (exact) mass is 383 g/mol. The van der Waals surface area contributed by atoms with Crippen molar-refractivity contribution in [2.45, 2.75) is 6.92 Å². The van der Waals surface area contributed by atoms with Crippen molar-refractivity contribution in [3.8, 4) is 5.69 Å². The van der Waals surface area contributed by atoms with Gasteiger partial charge in [0.1, 0.15) is 0 Å². The maximum atomic E-state index is 6.48. The molecule has 0 N–H and O–H groups in total. The molecule has 0 saturated carbocycles. The van der Waals surface area contributed by atoms with Crippen molar-refractivity contribution in [2.75, 3.05) is 0 Å². The first-order chi connectivity index (χ1) is 13.8. The van der Waals surface area contributed by atoms with Crippen molar-refractivity contribution in [3.05, 3.63) is 102 Å². The van der Waals surface area contributed by atoms with E-state index in [9.17, 15) is 0 Å². The number of aliphatic imine (C=N–C) groups is 1. The highest BCUT2D eigenvalue weighted by atomic mass is 31.1. The summed E-state index contributed by atoms with van der Waals surface area (Å²) in [7, 11) is -1.05. The molecular formula is C23H18N3OP. The zero-order valence-corrected chi connectivity index (χ0v) is 16.3. The number of nitrogens with zero attached hydrogens (tertiary/aromatic N) is 3. The summed E-state index contributed by atoms with van der Waals surface area (Å²) < 4.78 is 8.40. The summed E-state index contributed by atoms with van der Waals surface area (Å²) in [6.45, 7) is 2.03. The Labute approximate surface area is 165 Å². The number of hydrogen-bond donors (Lipinski definition) is 0. The molecule has 5 heteroatoms. The molecule has 0 radical (unpaired) electrons. The van der Waals surface area contributed by atoms with Crippen LogP contribution in [0.3, 0.4) is 0 Å². The standard InChI is InChI=1S/C23H18N3OP/c1-17-21-22(26(25-17)19-13-7-3-8-14-19)24-23(18-11-5-2-6-12-18)27-28(21)20-15-9-4-10-16-20/h2-16H,1H3. The van der Waals surface area contributed by atoms with Gasteiger partial charge >= 0.3 is 0 Å². The summed E-state index contributed by atoms with van der Waals surface area (Å²) in [6.07, 6.45) is 0. The van der Waals surface area contributed by atoms with E-state index >= 15 is 0 Å². The van der Waals surface area contributed by atoms with Crippen LogP contribution in [0.1, 0.15) is 11.3 Å². The number of benzene rings is 3. The third-order valence-corrected chi connectivity index (χ3v) is 6.66. The Hall–Kier alpha value is -3.23. The zero-order chi connectivity index (χ0) is 18.9. The molecule has 1 aliphatic rings. The van der Waals surface area contributed by atoms with E-state index in [1.807, 2.05) is 90.5 Å². The number of fused-ring (bicyclic) bond motifs is 1. The molecule has 4 aromatic rings. The molecule has 1 aliphatic heterocycles. The largest absolute Gasteiger partial charge is 0.446 e. The fourth-order valence-corrected chi connectivity index (χ4v) is 5.17. The minimum Gasteiger partial charge on any atom is -0.446 e. The Kier molecular flexibility index (Phi) is 4.27. The molecule has 5 rings (SSSR count). The van der Waals surface area contributed by atoms with Crippen molar-refractivity contribution < 1.29 is 4.52 Å². The first-order valence-electron chi connectivity index (χ1n) is 9.13. The topological polar surface area (TPSA) is 39.4 Å². The van der Waals surface area contributed by atoms with E-state index in [-0.39, 0.29) is 0 Å². The molecule has 0 saturated heterocycles. The van der Waals surface area contributed by atoms with Crippen LogP contribution in [-0.4, -0.2) is 15.7 Å². The molecule has 136 valence electrons. The van der Waals surface area contributed by atoms with Crippen LogP contribution in [0.5, 0.6) is 0 Å². The van der Waals surface area contributed by atoms with E-state index < -0.39 is 8.15 Å². The number of para-hydroxylation sites is 1. The molecule has 0 amide bonds. The maximum Gasteiger partial charge on any atom is 0.226 e. The van der Waals surface area contributed by atoms with Gasteiger partial charge < -0.3 is 4.52 Å². The van der Waals surface area contributed by atoms with Gasteiger partial charge in [-0.1, -0.05) is 66.7 Å². The van der Waals surface area contributed by atoms with Crippen molar-refractivity contribution >= 4 is 30.5 Å². The molecule has 3 aromatic carbocycles. The van der Waals surface area contributed by atoms with E-state index in [1.54, 1.807) is 0 Å². The van der Waals surface area contributed by atoms with Gasteiger partial charge in [-0.2, -0.15) is 10.1 Å². The van der Waals surface area contributed by atoms with Gasteiger partial charge in [0.15, 0.2) is 14.0 Å². The van der Waals surface area contributed by atoms with E-state index in [0.29, 0.717) is 5.90 Å². The summed E-state index contributed by atoms with van der Waals surface area (Å²) in [5.74, 6) is 1.49. The molecule has 1 atom stereocenters. The molecule has 0 bridgehead atoms. The first-order valence-corrected chi connectivity index (χ1v) is 10.4. The lowest BCUT2D eigenvalue weighted by Crippen LogP contribution is -2.22. The molecule has 4 nitrogen and oxygen atoms in total. The van der Waals surface area contributed by atoms with Crippen LogP contribution in [0, 0.1) is 6.92 Å². The second kappa shape index (κ2) is 7.06.